The molecule has 3 nitrogen and oxygen atoms in total. The van der Waals surface area contributed by atoms with Gasteiger partial charge in [-0.25, -0.2) is 0 Å². The highest BCUT2D eigenvalue weighted by molar-refractivity contribution is 14.1. The summed E-state index contributed by atoms with van der Waals surface area (Å²) in [5.74, 6) is -2.46. The van der Waals surface area contributed by atoms with E-state index >= 15 is 0 Å². The summed E-state index contributed by atoms with van der Waals surface area (Å²) >= 11 is 7.70. The Bertz CT molecular complexity index is 1400. The SMILES string of the molecule is CC(I)CC(C(=O)O)c1cc(-c2ccc(Cl)c(C(F)(F)F)c2)cc(N(C)c2cc(C(F)(F)F)cc(C(F)(F)F)c2)c1. The van der Waals surface area contributed by atoms with Gasteiger partial charge in [-0.15, -0.1) is 0 Å². The summed E-state index contributed by atoms with van der Waals surface area (Å²) in [4.78, 5) is 13.1. The van der Waals surface area contributed by atoms with E-state index in [1.54, 1.807) is 6.92 Å². The van der Waals surface area contributed by atoms with Gasteiger partial charge in [-0.05, 0) is 65.6 Å². The predicted molar refractivity (Wildman–Crippen MR) is 145 cm³/mol. The zero-order valence-corrected chi connectivity index (χ0v) is 23.9. The van der Waals surface area contributed by atoms with E-state index in [1.165, 1.54) is 24.3 Å². The molecule has 0 spiro atoms. The number of benzene rings is 3. The van der Waals surface area contributed by atoms with Crippen LogP contribution < -0.4 is 4.90 Å². The number of anilines is 2. The van der Waals surface area contributed by atoms with Gasteiger partial charge in [0.05, 0.1) is 27.6 Å². The molecule has 14 heteroatoms. The van der Waals surface area contributed by atoms with Crippen molar-refractivity contribution < 1.29 is 49.4 Å². The van der Waals surface area contributed by atoms with Crippen molar-refractivity contribution in [3.63, 3.8) is 0 Å². The highest BCUT2D eigenvalue weighted by Gasteiger charge is 2.38. The van der Waals surface area contributed by atoms with Gasteiger partial charge in [0.25, 0.3) is 0 Å². The number of halogens is 11. The van der Waals surface area contributed by atoms with Crippen molar-refractivity contribution in [2.24, 2.45) is 0 Å². The third kappa shape index (κ3) is 7.99. The molecule has 2 unspecified atom stereocenters. The zero-order chi connectivity index (χ0) is 31.1. The molecule has 0 aliphatic rings. The maximum Gasteiger partial charge on any atom is 0.417 e. The molecule has 3 rings (SSSR count). The molecule has 3 aromatic carbocycles. The maximum atomic E-state index is 13.5. The lowest BCUT2D eigenvalue weighted by Gasteiger charge is -2.25. The van der Waals surface area contributed by atoms with Crippen LogP contribution in [0.1, 0.15) is 41.5 Å². The van der Waals surface area contributed by atoms with Gasteiger partial charge in [0.1, 0.15) is 0 Å². The fraction of sp³-hybridized carbons (Fsp3) is 0.296. The third-order valence-corrected chi connectivity index (χ3v) is 6.99. The minimum atomic E-state index is -5.12. The zero-order valence-electron chi connectivity index (χ0n) is 21.0. The Balaban J connectivity index is 2.30. The molecule has 41 heavy (non-hydrogen) atoms. The van der Waals surface area contributed by atoms with Gasteiger partial charge in [-0.3, -0.25) is 4.79 Å². The Morgan fingerprint density at radius 2 is 1.37 bits per heavy atom. The van der Waals surface area contributed by atoms with E-state index in [0.717, 1.165) is 24.1 Å². The van der Waals surface area contributed by atoms with Gasteiger partial charge in [0.2, 0.25) is 0 Å². The quantitative estimate of drug-likeness (QED) is 0.150. The van der Waals surface area contributed by atoms with Crippen molar-refractivity contribution in [3.8, 4) is 11.1 Å². The first-order valence-corrected chi connectivity index (χ1v) is 13.2. The maximum absolute atomic E-state index is 13.5. The van der Waals surface area contributed by atoms with Gasteiger partial charge in [0.15, 0.2) is 0 Å². The van der Waals surface area contributed by atoms with Crippen LogP contribution in [0.2, 0.25) is 5.02 Å². The Kier molecular flexibility index (Phi) is 9.53. The third-order valence-electron chi connectivity index (χ3n) is 6.15. The monoisotopic (exact) mass is 723 g/mol. The minimum Gasteiger partial charge on any atom is -0.481 e. The molecule has 0 radical (unpaired) electrons. The standard InChI is InChI=1S/C27H20ClF9INO2/c1-13(38)5-21(24(40)41)16-6-15(14-3-4-23(28)22(9-14)27(35,36)37)7-19(8-16)39(2)20-11-17(25(29,30)31)10-18(12-20)26(32,33)34/h3-4,6-13,21H,5H2,1-2H3,(H,40,41). The van der Waals surface area contributed by atoms with Crippen LogP contribution in [0.15, 0.2) is 54.6 Å². The van der Waals surface area contributed by atoms with Crippen LogP contribution in [0.25, 0.3) is 11.1 Å². The lowest BCUT2D eigenvalue weighted by atomic mass is 9.90. The van der Waals surface area contributed by atoms with Crippen molar-refractivity contribution in [3.05, 3.63) is 81.9 Å². The highest BCUT2D eigenvalue weighted by atomic mass is 127. The smallest absolute Gasteiger partial charge is 0.417 e. The van der Waals surface area contributed by atoms with Gasteiger partial charge < -0.3 is 10.0 Å². The number of hydrogen-bond acceptors (Lipinski definition) is 2. The normalized spacial score (nSPS) is 14.1. The lowest BCUT2D eigenvalue weighted by molar-refractivity contribution is -0.143. The molecule has 0 aliphatic heterocycles. The first kappa shape index (κ1) is 32.8. The van der Waals surface area contributed by atoms with Crippen LogP contribution in [0.3, 0.4) is 0 Å². The molecule has 0 saturated carbocycles. The predicted octanol–water partition coefficient (Wildman–Crippen LogP) is 10.2. The summed E-state index contributed by atoms with van der Waals surface area (Å²) in [5, 5.41) is 9.29. The molecular weight excluding hydrogens is 704 g/mol. The van der Waals surface area contributed by atoms with Gasteiger partial charge in [0, 0.05) is 22.3 Å². The number of rotatable bonds is 7. The summed E-state index contributed by atoms with van der Waals surface area (Å²) in [6.45, 7) is 1.73. The molecule has 222 valence electrons. The molecule has 0 fully saturated rings. The van der Waals surface area contributed by atoms with E-state index in [2.05, 4.69) is 0 Å². The number of alkyl halides is 10. The first-order chi connectivity index (χ1) is 18.7. The number of carboxylic acids is 1. The molecule has 0 saturated heterocycles. The molecule has 0 bridgehead atoms. The number of carbonyl (C=O) groups is 1. The van der Waals surface area contributed by atoms with E-state index < -0.39 is 57.8 Å². The minimum absolute atomic E-state index is 0.0339. The molecule has 2 atom stereocenters. The summed E-state index contributed by atoms with van der Waals surface area (Å²) in [5.41, 5.74) is -4.82. The van der Waals surface area contributed by atoms with Crippen molar-refractivity contribution in [1.29, 1.82) is 0 Å². The van der Waals surface area contributed by atoms with Crippen molar-refractivity contribution >= 4 is 51.5 Å². The number of nitrogens with zero attached hydrogens (tertiary/aromatic N) is 1. The van der Waals surface area contributed by atoms with Crippen LogP contribution in [0, 0.1) is 0 Å². The first-order valence-electron chi connectivity index (χ1n) is 11.6. The molecular formula is C27H20ClF9INO2. The second-order valence-electron chi connectivity index (χ2n) is 9.24. The summed E-state index contributed by atoms with van der Waals surface area (Å²) in [7, 11) is 1.16. The number of carboxylic acid groups (broad SMARTS) is 1. The van der Waals surface area contributed by atoms with Gasteiger partial charge >= 0.3 is 24.5 Å². The van der Waals surface area contributed by atoms with Crippen molar-refractivity contribution in [1.82, 2.24) is 0 Å². The Hall–Kier alpha value is -2.68. The lowest BCUT2D eigenvalue weighted by Crippen LogP contribution is -2.18. The average molecular weight is 724 g/mol. The number of hydrogen-bond donors (Lipinski definition) is 1. The highest BCUT2D eigenvalue weighted by Crippen LogP contribution is 2.42. The summed E-state index contributed by atoms with van der Waals surface area (Å²) in [6, 6.07) is 7.75. The van der Waals surface area contributed by atoms with Crippen molar-refractivity contribution in [2.45, 2.75) is 41.7 Å². The van der Waals surface area contributed by atoms with E-state index in [0.29, 0.717) is 12.1 Å². The second-order valence-corrected chi connectivity index (χ2v) is 11.8. The Morgan fingerprint density at radius 3 is 1.83 bits per heavy atom. The topological polar surface area (TPSA) is 40.5 Å². The molecule has 1 N–H and O–H groups in total. The van der Waals surface area contributed by atoms with Crippen LogP contribution in [-0.4, -0.2) is 22.0 Å². The van der Waals surface area contributed by atoms with E-state index in [1.807, 2.05) is 22.6 Å². The van der Waals surface area contributed by atoms with Gasteiger partial charge in [-0.2, -0.15) is 39.5 Å². The van der Waals surface area contributed by atoms with E-state index in [4.69, 9.17) is 11.6 Å². The fourth-order valence-electron chi connectivity index (χ4n) is 4.10. The molecule has 3 aromatic rings. The molecule has 0 aliphatic carbocycles. The fourth-order valence-corrected chi connectivity index (χ4v) is 4.84. The van der Waals surface area contributed by atoms with Crippen LogP contribution in [0.4, 0.5) is 50.9 Å². The van der Waals surface area contributed by atoms with E-state index in [-0.39, 0.29) is 38.8 Å². The second kappa shape index (κ2) is 11.9. The van der Waals surface area contributed by atoms with Crippen LogP contribution >= 0.6 is 34.2 Å². The Labute approximate surface area is 247 Å². The number of aliphatic carboxylic acids is 1. The average Bonchev–Trinajstić information content (AvgIpc) is 2.84. The van der Waals surface area contributed by atoms with Crippen molar-refractivity contribution in [2.75, 3.05) is 11.9 Å². The van der Waals surface area contributed by atoms with E-state index in [9.17, 15) is 49.4 Å². The molecule has 0 amide bonds. The van der Waals surface area contributed by atoms with Crippen LogP contribution in [-0.2, 0) is 23.3 Å². The molecule has 0 heterocycles. The van der Waals surface area contributed by atoms with Crippen LogP contribution in [0.5, 0.6) is 0 Å². The summed E-state index contributed by atoms with van der Waals surface area (Å²) < 4.78 is 121. The van der Waals surface area contributed by atoms with Gasteiger partial charge in [-0.1, -0.05) is 53.2 Å². The summed E-state index contributed by atoms with van der Waals surface area (Å²) in [6.07, 6.45) is -15.0. The Morgan fingerprint density at radius 1 is 0.829 bits per heavy atom. The largest absolute Gasteiger partial charge is 0.481 e. The molecule has 0 aromatic heterocycles.